The van der Waals surface area contributed by atoms with Crippen molar-refractivity contribution < 1.29 is 9.59 Å². The molecule has 5 nitrogen and oxygen atoms in total. The third kappa shape index (κ3) is 1.61. The summed E-state index contributed by atoms with van der Waals surface area (Å²) in [7, 11) is 0. The van der Waals surface area contributed by atoms with Crippen molar-refractivity contribution in [2.75, 3.05) is 0 Å². The highest BCUT2D eigenvalue weighted by Gasteiger charge is 2.25. The number of nitrogens with zero attached hydrogens (tertiary/aromatic N) is 1. The molecule has 0 aromatic rings. The van der Waals surface area contributed by atoms with Crippen molar-refractivity contribution in [3.63, 3.8) is 0 Å². The van der Waals surface area contributed by atoms with Crippen LogP contribution in [-0.4, -0.2) is 22.7 Å². The van der Waals surface area contributed by atoms with Gasteiger partial charge in [-0.2, -0.15) is 0 Å². The molecule has 0 radical (unpaired) electrons. The topological polar surface area (TPSA) is 87.2 Å². The third-order valence-electron chi connectivity index (χ3n) is 1.79. The number of rotatable bonds is 0. The Morgan fingerprint density at radius 2 is 2.00 bits per heavy atom. The number of carbonyl (C=O) groups excluding carboxylic acids is 2. The summed E-state index contributed by atoms with van der Waals surface area (Å²) in [6, 6.07) is -0.841. The molecule has 3 amide bonds. The van der Waals surface area contributed by atoms with Crippen LogP contribution in [0, 0.1) is 5.41 Å². The highest BCUT2D eigenvalue weighted by molar-refractivity contribution is 6.11. The zero-order chi connectivity index (χ0) is 9.14. The number of hydrogen-bond donors (Lipinski definition) is 2. The van der Waals surface area contributed by atoms with E-state index in [0.29, 0.717) is 12.8 Å². The highest BCUT2D eigenvalue weighted by atomic mass is 16.2. The lowest BCUT2D eigenvalue weighted by Crippen LogP contribution is -2.43. The smallest absolute Gasteiger partial charge is 0.327 e. The number of carbonyl (C=O) groups is 2. The number of amidine groups is 1. The van der Waals surface area contributed by atoms with Gasteiger partial charge in [0.25, 0.3) is 0 Å². The summed E-state index contributed by atoms with van der Waals surface area (Å²) >= 11 is 0. The Morgan fingerprint density at radius 3 is 2.58 bits per heavy atom. The molecule has 1 aliphatic rings. The monoisotopic (exact) mass is 169 g/mol. The molecule has 0 bridgehead atoms. The van der Waals surface area contributed by atoms with Gasteiger partial charge in [-0.1, -0.05) is 0 Å². The van der Waals surface area contributed by atoms with Crippen LogP contribution in [-0.2, 0) is 4.79 Å². The van der Waals surface area contributed by atoms with Crippen LogP contribution in [0.1, 0.15) is 25.7 Å². The maximum absolute atomic E-state index is 11.2. The fraction of sp³-hybridized carbons (Fsp3) is 0.571. The van der Waals surface area contributed by atoms with E-state index in [-0.39, 0.29) is 11.7 Å². The molecule has 0 spiro atoms. The zero-order valence-corrected chi connectivity index (χ0v) is 6.67. The second-order valence-corrected chi connectivity index (χ2v) is 2.72. The highest BCUT2D eigenvalue weighted by Crippen LogP contribution is 2.12. The maximum Gasteiger partial charge on any atom is 0.327 e. The number of amides is 3. The molecule has 0 aromatic heterocycles. The van der Waals surface area contributed by atoms with E-state index in [1.165, 1.54) is 0 Å². The van der Waals surface area contributed by atoms with Crippen LogP contribution in [0.25, 0.3) is 0 Å². The first-order valence-corrected chi connectivity index (χ1v) is 3.82. The predicted octanol–water partition coefficient (Wildman–Crippen LogP) is 0.445. The molecule has 0 unspecified atom stereocenters. The van der Waals surface area contributed by atoms with E-state index in [0.717, 1.165) is 17.7 Å². The normalized spacial score (nSPS) is 19.2. The van der Waals surface area contributed by atoms with Crippen molar-refractivity contribution in [3.8, 4) is 0 Å². The maximum atomic E-state index is 11.2. The Labute approximate surface area is 70.0 Å². The molecule has 1 heterocycles. The van der Waals surface area contributed by atoms with Crippen LogP contribution >= 0.6 is 0 Å². The fourth-order valence-corrected chi connectivity index (χ4v) is 1.20. The largest absolute Gasteiger partial charge is 0.351 e. The molecule has 3 N–H and O–H groups in total. The van der Waals surface area contributed by atoms with E-state index in [1.807, 2.05) is 0 Å². The summed E-state index contributed by atoms with van der Waals surface area (Å²) in [6.07, 6.45) is 2.26. The lowest BCUT2D eigenvalue weighted by molar-refractivity contribution is -0.125. The van der Waals surface area contributed by atoms with Crippen LogP contribution in [0.4, 0.5) is 4.79 Å². The minimum Gasteiger partial charge on any atom is -0.351 e. The van der Waals surface area contributed by atoms with Crippen molar-refractivity contribution in [1.82, 2.24) is 4.90 Å². The number of nitrogens with two attached hydrogens (primary N) is 1. The Bertz CT molecular complexity index is 219. The Kier molecular flexibility index (Phi) is 2.42. The van der Waals surface area contributed by atoms with Gasteiger partial charge >= 0.3 is 6.03 Å². The van der Waals surface area contributed by atoms with Crippen molar-refractivity contribution in [3.05, 3.63) is 0 Å². The molecule has 0 aromatic carbocycles. The molecule has 0 atom stereocenters. The molecule has 66 valence electrons. The molecule has 1 saturated heterocycles. The average molecular weight is 169 g/mol. The van der Waals surface area contributed by atoms with Gasteiger partial charge < -0.3 is 5.73 Å². The average Bonchev–Trinajstić information content (AvgIpc) is 2.11. The Morgan fingerprint density at radius 1 is 1.42 bits per heavy atom. The van der Waals surface area contributed by atoms with Gasteiger partial charge in [0.1, 0.15) is 5.84 Å². The van der Waals surface area contributed by atoms with E-state index in [2.05, 4.69) is 0 Å². The molecule has 12 heavy (non-hydrogen) atoms. The Balaban J connectivity index is 2.82. The van der Waals surface area contributed by atoms with Gasteiger partial charge in [-0.3, -0.25) is 10.2 Å². The Hall–Kier alpha value is -1.39. The van der Waals surface area contributed by atoms with Crippen LogP contribution in [0.2, 0.25) is 0 Å². The van der Waals surface area contributed by atoms with Crippen molar-refractivity contribution >= 4 is 17.8 Å². The van der Waals surface area contributed by atoms with Crippen molar-refractivity contribution in [2.45, 2.75) is 25.7 Å². The summed E-state index contributed by atoms with van der Waals surface area (Å²) in [5, 5.41) is 7.35. The fourth-order valence-electron chi connectivity index (χ4n) is 1.20. The van der Waals surface area contributed by atoms with Gasteiger partial charge in [-0.15, -0.1) is 0 Å². The first-order valence-electron chi connectivity index (χ1n) is 3.82. The minimum atomic E-state index is -0.841. The van der Waals surface area contributed by atoms with E-state index < -0.39 is 6.03 Å². The molecule has 0 aliphatic carbocycles. The molecule has 1 rings (SSSR count). The van der Waals surface area contributed by atoms with Gasteiger partial charge in [0.15, 0.2) is 0 Å². The number of imide groups is 1. The number of primary amides is 1. The van der Waals surface area contributed by atoms with Gasteiger partial charge in [0.05, 0.1) is 0 Å². The molecular weight excluding hydrogens is 158 g/mol. The molecule has 5 heteroatoms. The summed E-state index contributed by atoms with van der Waals surface area (Å²) in [6.45, 7) is 0. The quantitative estimate of drug-likeness (QED) is 0.551. The minimum absolute atomic E-state index is 0.0185. The van der Waals surface area contributed by atoms with E-state index >= 15 is 0 Å². The standard InChI is InChI=1S/C7H11N3O2/c8-5-3-1-2-4-6(11)10(5)7(9)12/h8H,1-4H2,(H2,9,12). The third-order valence-corrected chi connectivity index (χ3v) is 1.79. The molecule has 0 saturated carbocycles. The number of likely N-dealkylation sites (tertiary alicyclic amines) is 1. The van der Waals surface area contributed by atoms with E-state index in [9.17, 15) is 9.59 Å². The van der Waals surface area contributed by atoms with E-state index in [1.54, 1.807) is 0 Å². The van der Waals surface area contributed by atoms with E-state index in [4.69, 9.17) is 11.1 Å². The van der Waals surface area contributed by atoms with Crippen molar-refractivity contribution in [2.24, 2.45) is 5.73 Å². The van der Waals surface area contributed by atoms with Gasteiger partial charge in [0.2, 0.25) is 5.91 Å². The zero-order valence-electron chi connectivity index (χ0n) is 6.67. The van der Waals surface area contributed by atoms with Gasteiger partial charge in [-0.05, 0) is 12.8 Å². The number of nitrogens with one attached hydrogen (secondary N) is 1. The molecule has 1 fully saturated rings. The second kappa shape index (κ2) is 3.34. The van der Waals surface area contributed by atoms with Crippen LogP contribution in [0.15, 0.2) is 0 Å². The first-order chi connectivity index (χ1) is 5.63. The second-order valence-electron chi connectivity index (χ2n) is 2.72. The van der Waals surface area contributed by atoms with Crippen LogP contribution in [0.5, 0.6) is 0 Å². The summed E-state index contributed by atoms with van der Waals surface area (Å²) in [4.78, 5) is 22.6. The SMILES string of the molecule is N=C1CCCCC(=O)N1C(N)=O. The number of urea groups is 1. The van der Waals surface area contributed by atoms with Crippen molar-refractivity contribution in [1.29, 1.82) is 5.41 Å². The van der Waals surface area contributed by atoms with Crippen LogP contribution < -0.4 is 5.73 Å². The molecule has 1 aliphatic heterocycles. The predicted molar refractivity (Wildman–Crippen MR) is 42.6 cm³/mol. The lowest BCUT2D eigenvalue weighted by Gasteiger charge is -2.15. The number of hydrogen-bond acceptors (Lipinski definition) is 3. The summed E-state index contributed by atoms with van der Waals surface area (Å²) in [5.41, 5.74) is 4.94. The lowest BCUT2D eigenvalue weighted by atomic mass is 10.2. The molecular formula is C7H11N3O2. The van der Waals surface area contributed by atoms with Crippen LogP contribution in [0.3, 0.4) is 0 Å². The first kappa shape index (κ1) is 8.70. The summed E-state index contributed by atoms with van der Waals surface area (Å²) < 4.78 is 0. The van der Waals surface area contributed by atoms with Gasteiger partial charge in [-0.25, -0.2) is 9.69 Å². The summed E-state index contributed by atoms with van der Waals surface area (Å²) in [5.74, 6) is -0.338. The van der Waals surface area contributed by atoms with Gasteiger partial charge in [0, 0.05) is 12.8 Å².